The lowest BCUT2D eigenvalue weighted by Gasteiger charge is -2.47. The predicted molar refractivity (Wildman–Crippen MR) is 146 cm³/mol. The van der Waals surface area contributed by atoms with Gasteiger partial charge < -0.3 is 20.1 Å². The highest BCUT2D eigenvalue weighted by atomic mass is 19.4. The van der Waals surface area contributed by atoms with Gasteiger partial charge in [-0.2, -0.15) is 13.2 Å². The summed E-state index contributed by atoms with van der Waals surface area (Å²) in [6.45, 7) is 2.56. The van der Waals surface area contributed by atoms with Crippen LogP contribution in [0.5, 0.6) is 0 Å². The Balaban J connectivity index is 1.23. The summed E-state index contributed by atoms with van der Waals surface area (Å²) in [4.78, 5) is 36.5. The van der Waals surface area contributed by atoms with Crippen LogP contribution in [0.2, 0.25) is 0 Å². The van der Waals surface area contributed by atoms with Crippen molar-refractivity contribution in [1.29, 1.82) is 0 Å². The maximum atomic E-state index is 14.8. The molecule has 2 N–H and O–H groups in total. The maximum absolute atomic E-state index is 14.8. The molecule has 0 aliphatic carbocycles. The van der Waals surface area contributed by atoms with Crippen LogP contribution in [0, 0.1) is 17.6 Å². The molecule has 6 rings (SSSR count). The average molecular weight is 603 g/mol. The topological polar surface area (TPSA) is 92.1 Å². The lowest BCUT2D eigenvalue weighted by Crippen LogP contribution is -2.54. The van der Waals surface area contributed by atoms with E-state index >= 15 is 0 Å². The summed E-state index contributed by atoms with van der Waals surface area (Å²) in [5, 5.41) is 5.81. The number of pyridine rings is 1. The fourth-order valence-electron chi connectivity index (χ4n) is 6.96. The van der Waals surface area contributed by atoms with Gasteiger partial charge in [-0.15, -0.1) is 0 Å². The Labute approximate surface area is 244 Å². The zero-order chi connectivity index (χ0) is 30.5. The molecule has 1 fully saturated rings. The van der Waals surface area contributed by atoms with Crippen LogP contribution in [0.4, 0.5) is 32.6 Å². The largest absolute Gasteiger partial charge is 0.394 e. The normalized spacial score (nSPS) is 23.3. The number of aromatic nitrogens is 3. The minimum absolute atomic E-state index is 0.0346. The number of imidazole rings is 1. The fraction of sp³-hybridized carbons (Fsp3) is 0.467. The van der Waals surface area contributed by atoms with Crippen LogP contribution in [0.1, 0.15) is 67.2 Å². The van der Waals surface area contributed by atoms with Crippen LogP contribution in [-0.2, 0) is 23.2 Å². The van der Waals surface area contributed by atoms with E-state index in [-0.39, 0.29) is 41.9 Å². The highest BCUT2D eigenvalue weighted by molar-refractivity contribution is 5.96. The number of nitrogens with zero attached hydrogens (tertiary/aromatic N) is 4. The van der Waals surface area contributed by atoms with Crippen molar-refractivity contribution in [2.45, 2.75) is 69.1 Å². The first-order chi connectivity index (χ1) is 20.5. The number of hydrogen-bond acceptors (Lipinski definition) is 4. The van der Waals surface area contributed by atoms with Crippen molar-refractivity contribution in [3.8, 4) is 0 Å². The van der Waals surface area contributed by atoms with E-state index in [1.54, 1.807) is 11.1 Å². The first-order valence-corrected chi connectivity index (χ1v) is 14.3. The smallest absolute Gasteiger partial charge is 0.329 e. The van der Waals surface area contributed by atoms with Gasteiger partial charge >= 0.3 is 12.2 Å². The molecule has 5 heterocycles. The average Bonchev–Trinajstić information content (AvgIpc) is 3.25. The van der Waals surface area contributed by atoms with Crippen molar-refractivity contribution in [3.63, 3.8) is 0 Å². The highest BCUT2D eigenvalue weighted by Crippen LogP contribution is 2.47. The van der Waals surface area contributed by atoms with Gasteiger partial charge in [-0.05, 0) is 43.4 Å². The Morgan fingerprint density at radius 1 is 1.12 bits per heavy atom. The molecule has 228 valence electrons. The van der Waals surface area contributed by atoms with Gasteiger partial charge in [0.05, 0.1) is 12.5 Å². The van der Waals surface area contributed by atoms with Crippen molar-refractivity contribution >= 4 is 17.8 Å². The first-order valence-electron chi connectivity index (χ1n) is 14.3. The molecular formula is C30H31F5N6O2. The third kappa shape index (κ3) is 5.33. The number of carbonyl (C=O) groups excluding carboxylic acids is 2. The van der Waals surface area contributed by atoms with Gasteiger partial charge in [-0.25, -0.2) is 23.5 Å². The number of rotatable bonds is 3. The molecule has 1 aromatic carbocycles. The van der Waals surface area contributed by atoms with Crippen molar-refractivity contribution in [3.05, 3.63) is 77.0 Å². The van der Waals surface area contributed by atoms with Crippen molar-refractivity contribution < 1.29 is 31.5 Å². The molecule has 3 amide bonds. The van der Waals surface area contributed by atoms with Crippen molar-refractivity contribution in [2.75, 3.05) is 18.4 Å². The van der Waals surface area contributed by atoms with Gasteiger partial charge in [0.25, 0.3) is 0 Å². The minimum atomic E-state index is -4.51. The predicted octanol–water partition coefficient (Wildman–Crippen LogP) is 5.61. The van der Waals surface area contributed by atoms with Gasteiger partial charge in [-0.3, -0.25) is 4.79 Å². The molecule has 43 heavy (non-hydrogen) atoms. The van der Waals surface area contributed by atoms with E-state index < -0.39 is 47.6 Å². The number of nitrogens with one attached hydrogen (secondary N) is 2. The van der Waals surface area contributed by atoms with Crippen LogP contribution in [0.3, 0.4) is 0 Å². The number of urea groups is 1. The van der Waals surface area contributed by atoms with Gasteiger partial charge in [-0.1, -0.05) is 25.1 Å². The van der Waals surface area contributed by atoms with E-state index in [9.17, 15) is 31.5 Å². The Morgan fingerprint density at radius 2 is 1.88 bits per heavy atom. The number of anilines is 1. The molecule has 0 bridgehead atoms. The summed E-state index contributed by atoms with van der Waals surface area (Å²) in [6.07, 6.45) is -1.37. The second kappa shape index (κ2) is 10.9. The summed E-state index contributed by atoms with van der Waals surface area (Å²) >= 11 is 0. The molecule has 0 radical (unpaired) electrons. The summed E-state index contributed by atoms with van der Waals surface area (Å²) in [6, 6.07) is 6.44. The van der Waals surface area contributed by atoms with Crippen LogP contribution < -0.4 is 10.6 Å². The van der Waals surface area contributed by atoms with Crippen LogP contribution in [0.15, 0.2) is 42.7 Å². The molecule has 2 aromatic heterocycles. The molecule has 3 aliphatic heterocycles. The number of halogens is 5. The molecule has 3 atom stereocenters. The zero-order valence-corrected chi connectivity index (χ0v) is 23.4. The number of piperidine rings is 1. The number of fused-ring (bicyclic) bond motifs is 3. The van der Waals surface area contributed by atoms with E-state index in [2.05, 4.69) is 20.6 Å². The lowest BCUT2D eigenvalue weighted by atomic mass is 9.63. The maximum Gasteiger partial charge on any atom is 0.394 e. The molecular weight excluding hydrogens is 571 g/mol. The van der Waals surface area contributed by atoms with Gasteiger partial charge in [0.1, 0.15) is 11.6 Å². The summed E-state index contributed by atoms with van der Waals surface area (Å²) in [5.74, 6) is -2.34. The SMILES string of the molecule is CC1C(=O)Nc2ncccc2C12CCN(C(=O)N[C@@H]1CC[C@@H](c3cccc(F)c3F)Cn3c(CC(F)(F)F)cnc31)CC2. The second-order valence-corrected chi connectivity index (χ2v) is 11.7. The molecule has 3 aromatic rings. The van der Waals surface area contributed by atoms with Crippen molar-refractivity contribution in [2.24, 2.45) is 5.92 Å². The number of likely N-dealkylation sites (tertiary alicyclic amines) is 1. The third-order valence-electron chi connectivity index (χ3n) is 9.34. The van der Waals surface area contributed by atoms with Crippen LogP contribution >= 0.6 is 0 Å². The Morgan fingerprint density at radius 3 is 2.63 bits per heavy atom. The fourth-order valence-corrected chi connectivity index (χ4v) is 6.96. The number of amides is 3. The van der Waals surface area contributed by atoms with Crippen LogP contribution in [0.25, 0.3) is 0 Å². The Kier molecular flexibility index (Phi) is 7.37. The molecule has 8 nitrogen and oxygen atoms in total. The Bertz CT molecular complexity index is 1550. The standard InChI is InChI=1S/C30H31F5N6O2/c1-17-27(42)39-25-21(5-3-11-36-25)29(17)9-12-40(13-10-29)28(43)38-23-8-7-18(20-4-2-6-22(31)24(20)32)16-41-19(14-30(33,34)35)15-37-26(23)41/h2-6,11,15,17-18,23H,7-10,12-14,16H2,1H3,(H,38,43)(H,36,39,42)/t17?,18-,23-/m1/s1. The number of alkyl halides is 3. The van der Waals surface area contributed by atoms with E-state index in [4.69, 9.17) is 0 Å². The highest BCUT2D eigenvalue weighted by Gasteiger charge is 2.49. The van der Waals surface area contributed by atoms with E-state index in [0.717, 1.165) is 17.8 Å². The third-order valence-corrected chi connectivity index (χ3v) is 9.34. The zero-order valence-electron chi connectivity index (χ0n) is 23.4. The summed E-state index contributed by atoms with van der Waals surface area (Å²) < 4.78 is 70.4. The lowest BCUT2D eigenvalue weighted by molar-refractivity contribution is -0.128. The van der Waals surface area contributed by atoms with Gasteiger partial charge in [0, 0.05) is 60.5 Å². The summed E-state index contributed by atoms with van der Waals surface area (Å²) in [7, 11) is 0. The monoisotopic (exact) mass is 602 g/mol. The van der Waals surface area contributed by atoms with E-state index in [0.29, 0.717) is 38.2 Å². The second-order valence-electron chi connectivity index (χ2n) is 11.7. The number of hydrogen-bond donors (Lipinski definition) is 2. The van der Waals surface area contributed by atoms with Crippen molar-refractivity contribution in [1.82, 2.24) is 24.8 Å². The summed E-state index contributed by atoms with van der Waals surface area (Å²) in [5.41, 5.74) is 0.435. The molecule has 13 heteroatoms. The number of benzene rings is 1. The van der Waals surface area contributed by atoms with Crippen LogP contribution in [-0.4, -0.2) is 50.6 Å². The quantitative estimate of drug-likeness (QED) is 0.382. The molecule has 1 spiro atoms. The molecule has 1 saturated heterocycles. The van der Waals surface area contributed by atoms with E-state index in [1.165, 1.54) is 16.7 Å². The van der Waals surface area contributed by atoms with Gasteiger partial charge in [0.15, 0.2) is 11.6 Å². The molecule has 3 aliphatic rings. The first kappa shape index (κ1) is 29.1. The molecule has 0 saturated carbocycles. The Hall–Kier alpha value is -4.03. The number of carbonyl (C=O) groups is 2. The van der Waals surface area contributed by atoms with Gasteiger partial charge in [0.2, 0.25) is 5.91 Å². The minimum Gasteiger partial charge on any atom is -0.329 e. The van der Waals surface area contributed by atoms with E-state index in [1.807, 2.05) is 19.1 Å². The molecule has 1 unspecified atom stereocenters.